The fourth-order valence-corrected chi connectivity index (χ4v) is 1.76. The molecule has 0 bridgehead atoms. The van der Waals surface area contributed by atoms with Gasteiger partial charge >= 0.3 is 0 Å². The third kappa shape index (κ3) is 2.46. The fraction of sp³-hybridized carbons (Fsp3) is 0.545. The third-order valence-electron chi connectivity index (χ3n) is 2.84. The van der Waals surface area contributed by atoms with E-state index in [1.807, 2.05) is 18.3 Å². The van der Waals surface area contributed by atoms with Gasteiger partial charge in [-0.3, -0.25) is 4.98 Å². The summed E-state index contributed by atoms with van der Waals surface area (Å²) in [6.07, 6.45) is 1.84. The molecule has 0 aromatic carbocycles. The van der Waals surface area contributed by atoms with Crippen LogP contribution >= 0.6 is 0 Å². The van der Waals surface area contributed by atoms with Crippen molar-refractivity contribution in [2.45, 2.75) is 6.61 Å². The van der Waals surface area contributed by atoms with E-state index in [9.17, 15) is 0 Å². The van der Waals surface area contributed by atoms with E-state index in [1.54, 1.807) is 0 Å². The second kappa shape index (κ2) is 4.59. The number of piperazine rings is 1. The number of aliphatic hydroxyl groups excluding tert-OH is 1. The van der Waals surface area contributed by atoms with Crippen LogP contribution in [0.15, 0.2) is 18.3 Å². The molecule has 82 valence electrons. The molecule has 0 atom stereocenters. The van der Waals surface area contributed by atoms with Gasteiger partial charge in [0, 0.05) is 26.2 Å². The summed E-state index contributed by atoms with van der Waals surface area (Å²) < 4.78 is 0. The monoisotopic (exact) mass is 207 g/mol. The largest absolute Gasteiger partial charge is 0.390 e. The van der Waals surface area contributed by atoms with E-state index in [0.717, 1.165) is 37.6 Å². The van der Waals surface area contributed by atoms with E-state index in [4.69, 9.17) is 5.11 Å². The van der Waals surface area contributed by atoms with Crippen LogP contribution in [0.1, 0.15) is 5.69 Å². The topological polar surface area (TPSA) is 39.6 Å². The smallest absolute Gasteiger partial charge is 0.0852 e. The minimum atomic E-state index is 0.0169. The predicted octanol–water partition coefficient (Wildman–Crippen LogP) is 0.326. The van der Waals surface area contributed by atoms with Crippen LogP contribution in [-0.4, -0.2) is 48.2 Å². The number of nitrogens with zero attached hydrogens (tertiary/aromatic N) is 3. The van der Waals surface area contributed by atoms with Crippen LogP contribution in [0.3, 0.4) is 0 Å². The molecule has 1 N–H and O–H groups in total. The molecule has 15 heavy (non-hydrogen) atoms. The summed E-state index contributed by atoms with van der Waals surface area (Å²) in [5.41, 5.74) is 1.88. The highest BCUT2D eigenvalue weighted by Gasteiger charge is 2.13. The first-order valence-electron chi connectivity index (χ1n) is 5.29. The fourth-order valence-electron chi connectivity index (χ4n) is 1.76. The molecule has 0 spiro atoms. The van der Waals surface area contributed by atoms with Crippen molar-refractivity contribution in [1.82, 2.24) is 9.88 Å². The van der Waals surface area contributed by atoms with Gasteiger partial charge in [0.2, 0.25) is 0 Å². The minimum Gasteiger partial charge on any atom is -0.390 e. The molecule has 1 aromatic heterocycles. The lowest BCUT2D eigenvalue weighted by molar-refractivity contribution is 0.277. The van der Waals surface area contributed by atoms with Crippen LogP contribution in [0.5, 0.6) is 0 Å². The number of aliphatic hydroxyl groups is 1. The average molecular weight is 207 g/mol. The van der Waals surface area contributed by atoms with E-state index in [1.165, 1.54) is 0 Å². The predicted molar refractivity (Wildman–Crippen MR) is 59.9 cm³/mol. The Morgan fingerprint density at radius 2 is 2.00 bits per heavy atom. The van der Waals surface area contributed by atoms with Crippen LogP contribution in [-0.2, 0) is 6.61 Å². The van der Waals surface area contributed by atoms with Gasteiger partial charge in [0.1, 0.15) is 0 Å². The molecule has 4 nitrogen and oxygen atoms in total. The zero-order chi connectivity index (χ0) is 10.7. The molecular formula is C11H17N3O. The summed E-state index contributed by atoms with van der Waals surface area (Å²) in [6.45, 7) is 4.32. The molecule has 2 rings (SSSR count). The second-order valence-corrected chi connectivity index (χ2v) is 3.96. The summed E-state index contributed by atoms with van der Waals surface area (Å²) in [6, 6.07) is 3.91. The Morgan fingerprint density at radius 3 is 2.53 bits per heavy atom. The Balaban J connectivity index is 2.03. The SMILES string of the molecule is CN1CCN(c2ccc(CO)nc2)CC1. The molecule has 1 aromatic rings. The van der Waals surface area contributed by atoms with Gasteiger partial charge < -0.3 is 14.9 Å². The van der Waals surface area contributed by atoms with Crippen molar-refractivity contribution in [2.24, 2.45) is 0 Å². The van der Waals surface area contributed by atoms with Gasteiger partial charge in [-0.2, -0.15) is 0 Å². The van der Waals surface area contributed by atoms with Gasteiger partial charge in [0.15, 0.2) is 0 Å². The highest BCUT2D eigenvalue weighted by atomic mass is 16.3. The molecular weight excluding hydrogens is 190 g/mol. The van der Waals surface area contributed by atoms with Crippen molar-refractivity contribution < 1.29 is 5.11 Å². The number of likely N-dealkylation sites (N-methyl/N-ethyl adjacent to an activating group) is 1. The van der Waals surface area contributed by atoms with Gasteiger partial charge in [-0.1, -0.05) is 0 Å². The van der Waals surface area contributed by atoms with Gasteiger partial charge in [0.25, 0.3) is 0 Å². The van der Waals surface area contributed by atoms with E-state index >= 15 is 0 Å². The second-order valence-electron chi connectivity index (χ2n) is 3.96. The third-order valence-corrected chi connectivity index (χ3v) is 2.84. The number of anilines is 1. The van der Waals surface area contributed by atoms with E-state index in [2.05, 4.69) is 21.8 Å². The van der Waals surface area contributed by atoms with Crippen molar-refractivity contribution in [3.8, 4) is 0 Å². The molecule has 2 heterocycles. The lowest BCUT2D eigenvalue weighted by Crippen LogP contribution is -2.44. The summed E-state index contributed by atoms with van der Waals surface area (Å²) >= 11 is 0. The molecule has 1 saturated heterocycles. The Kier molecular flexibility index (Phi) is 3.18. The molecule has 1 aliphatic heterocycles. The number of rotatable bonds is 2. The summed E-state index contributed by atoms with van der Waals surface area (Å²) in [7, 11) is 2.14. The van der Waals surface area contributed by atoms with Crippen molar-refractivity contribution in [2.75, 3.05) is 38.1 Å². The van der Waals surface area contributed by atoms with Crippen LogP contribution in [0.4, 0.5) is 5.69 Å². The van der Waals surface area contributed by atoms with Gasteiger partial charge in [0.05, 0.1) is 24.2 Å². The highest BCUT2D eigenvalue weighted by molar-refractivity contribution is 5.44. The lowest BCUT2D eigenvalue weighted by Gasteiger charge is -2.33. The Morgan fingerprint density at radius 1 is 1.27 bits per heavy atom. The number of hydrogen-bond donors (Lipinski definition) is 1. The van der Waals surface area contributed by atoms with E-state index in [0.29, 0.717) is 0 Å². The minimum absolute atomic E-state index is 0.0169. The molecule has 0 aliphatic carbocycles. The van der Waals surface area contributed by atoms with E-state index < -0.39 is 0 Å². The molecule has 0 unspecified atom stereocenters. The summed E-state index contributed by atoms with van der Waals surface area (Å²) in [4.78, 5) is 8.84. The zero-order valence-electron chi connectivity index (χ0n) is 9.06. The maximum absolute atomic E-state index is 8.89. The lowest BCUT2D eigenvalue weighted by atomic mass is 10.2. The van der Waals surface area contributed by atoms with Crippen LogP contribution < -0.4 is 4.90 Å². The van der Waals surface area contributed by atoms with Gasteiger partial charge in [-0.25, -0.2) is 0 Å². The summed E-state index contributed by atoms with van der Waals surface area (Å²) in [5.74, 6) is 0. The molecule has 1 aliphatic rings. The molecule has 0 amide bonds. The van der Waals surface area contributed by atoms with Crippen molar-refractivity contribution in [1.29, 1.82) is 0 Å². The Labute approximate surface area is 90.1 Å². The first-order valence-corrected chi connectivity index (χ1v) is 5.29. The quantitative estimate of drug-likeness (QED) is 0.758. The number of aromatic nitrogens is 1. The zero-order valence-corrected chi connectivity index (χ0v) is 9.06. The van der Waals surface area contributed by atoms with Crippen LogP contribution in [0.2, 0.25) is 0 Å². The van der Waals surface area contributed by atoms with Crippen molar-refractivity contribution in [3.05, 3.63) is 24.0 Å². The van der Waals surface area contributed by atoms with Gasteiger partial charge in [-0.15, -0.1) is 0 Å². The molecule has 1 fully saturated rings. The van der Waals surface area contributed by atoms with Crippen LogP contribution in [0, 0.1) is 0 Å². The molecule has 0 radical (unpaired) electrons. The maximum Gasteiger partial charge on any atom is 0.0852 e. The maximum atomic E-state index is 8.89. The first kappa shape index (κ1) is 10.4. The first-order chi connectivity index (χ1) is 7.29. The van der Waals surface area contributed by atoms with Crippen molar-refractivity contribution >= 4 is 5.69 Å². The average Bonchev–Trinajstić information content (AvgIpc) is 2.30. The highest BCUT2D eigenvalue weighted by Crippen LogP contribution is 2.14. The Hall–Kier alpha value is -1.13. The molecule has 0 saturated carbocycles. The number of pyridine rings is 1. The standard InChI is InChI=1S/C11H17N3O/c1-13-4-6-14(7-5-13)11-3-2-10(9-15)12-8-11/h2-3,8,15H,4-7,9H2,1H3. The van der Waals surface area contributed by atoms with Crippen LogP contribution in [0.25, 0.3) is 0 Å². The van der Waals surface area contributed by atoms with Gasteiger partial charge in [-0.05, 0) is 19.2 Å². The molecule has 4 heteroatoms. The van der Waals surface area contributed by atoms with E-state index in [-0.39, 0.29) is 6.61 Å². The normalized spacial score (nSPS) is 18.1. The Bertz CT molecular complexity index is 304. The summed E-state index contributed by atoms with van der Waals surface area (Å²) in [5, 5.41) is 8.89. The van der Waals surface area contributed by atoms with Crippen molar-refractivity contribution in [3.63, 3.8) is 0 Å². The number of hydrogen-bond acceptors (Lipinski definition) is 4.